The van der Waals surface area contributed by atoms with Crippen molar-refractivity contribution in [3.05, 3.63) is 126 Å². The Morgan fingerprint density at radius 3 is 2.51 bits per heavy atom. The number of amides is 1. The number of carbonyl (C=O) groups excluding carboxylic acids is 1. The lowest BCUT2D eigenvalue weighted by Crippen LogP contribution is -2.40. The van der Waals surface area contributed by atoms with Gasteiger partial charge in [0.15, 0.2) is 4.80 Å². The average Bonchev–Trinajstić information content (AvgIpc) is 3.20. The molecule has 37 heavy (non-hydrogen) atoms. The van der Waals surface area contributed by atoms with Gasteiger partial charge in [-0.2, -0.15) is 0 Å². The number of ether oxygens (including phenoxy) is 1. The number of allylic oxidation sites excluding steroid dienone is 1. The lowest BCUT2D eigenvalue weighted by atomic mass is 9.95. The van der Waals surface area contributed by atoms with Crippen LogP contribution in [0, 0.1) is 0 Å². The van der Waals surface area contributed by atoms with Crippen molar-refractivity contribution in [2.45, 2.75) is 19.9 Å². The topological polar surface area (TPSA) is 72.7 Å². The van der Waals surface area contributed by atoms with Gasteiger partial charge in [0.25, 0.3) is 11.5 Å². The molecule has 0 spiro atoms. The van der Waals surface area contributed by atoms with Crippen LogP contribution in [0.25, 0.3) is 6.08 Å². The van der Waals surface area contributed by atoms with Crippen LogP contribution in [0.1, 0.15) is 31.0 Å². The fraction of sp³-hybridized carbons (Fsp3) is 0.138. The summed E-state index contributed by atoms with van der Waals surface area (Å²) in [4.78, 5) is 32.6. The zero-order valence-electron chi connectivity index (χ0n) is 20.3. The first kappa shape index (κ1) is 24.7. The SMILES string of the molecule is CCOc1ccc(Cl)cc1/C=c1\sc2n(c1=O)C(c1ccccc1)C(C(=O)Nc1ccccc1)=C(C)N=2. The first-order valence-corrected chi connectivity index (χ1v) is 13.0. The van der Waals surface area contributed by atoms with E-state index in [-0.39, 0.29) is 11.5 Å². The van der Waals surface area contributed by atoms with Crippen molar-refractivity contribution in [2.24, 2.45) is 4.99 Å². The van der Waals surface area contributed by atoms with Gasteiger partial charge >= 0.3 is 0 Å². The van der Waals surface area contributed by atoms with Crippen molar-refractivity contribution in [3.63, 3.8) is 0 Å². The molecule has 4 aromatic rings. The molecule has 1 aliphatic rings. The number of hydrogen-bond acceptors (Lipinski definition) is 5. The number of nitrogens with zero attached hydrogens (tertiary/aromatic N) is 2. The van der Waals surface area contributed by atoms with Gasteiger partial charge in [-0.3, -0.25) is 14.2 Å². The number of carbonyl (C=O) groups is 1. The van der Waals surface area contributed by atoms with Gasteiger partial charge in [-0.15, -0.1) is 0 Å². The van der Waals surface area contributed by atoms with E-state index in [9.17, 15) is 9.59 Å². The van der Waals surface area contributed by atoms with E-state index in [2.05, 4.69) is 10.3 Å². The zero-order chi connectivity index (χ0) is 25.9. The molecule has 1 aromatic heterocycles. The highest BCUT2D eigenvalue weighted by atomic mass is 35.5. The lowest BCUT2D eigenvalue weighted by molar-refractivity contribution is -0.113. The third-order valence-corrected chi connectivity index (χ3v) is 7.19. The number of benzene rings is 3. The molecular weight excluding hydrogens is 506 g/mol. The predicted octanol–water partition coefficient (Wildman–Crippen LogP) is 4.93. The summed E-state index contributed by atoms with van der Waals surface area (Å²) in [5.41, 5.74) is 2.94. The van der Waals surface area contributed by atoms with Crippen molar-refractivity contribution in [1.82, 2.24) is 4.57 Å². The molecule has 1 atom stereocenters. The first-order chi connectivity index (χ1) is 18.0. The van der Waals surface area contributed by atoms with Crippen molar-refractivity contribution >= 4 is 40.6 Å². The van der Waals surface area contributed by atoms with Gasteiger partial charge in [-0.1, -0.05) is 71.5 Å². The number of hydrogen-bond donors (Lipinski definition) is 1. The van der Waals surface area contributed by atoms with E-state index in [0.717, 1.165) is 5.56 Å². The second-order valence-corrected chi connectivity index (χ2v) is 9.87. The Kier molecular flexibility index (Phi) is 7.08. The van der Waals surface area contributed by atoms with E-state index in [4.69, 9.17) is 16.3 Å². The van der Waals surface area contributed by atoms with Gasteiger partial charge in [0.2, 0.25) is 0 Å². The highest BCUT2D eigenvalue weighted by molar-refractivity contribution is 7.07. The zero-order valence-corrected chi connectivity index (χ0v) is 21.8. The summed E-state index contributed by atoms with van der Waals surface area (Å²) >= 11 is 7.51. The minimum absolute atomic E-state index is 0.238. The van der Waals surface area contributed by atoms with Crippen molar-refractivity contribution in [1.29, 1.82) is 0 Å². The number of nitrogens with one attached hydrogen (secondary N) is 1. The molecule has 0 radical (unpaired) electrons. The molecule has 3 aromatic carbocycles. The Labute approximate surface area is 222 Å². The Morgan fingerprint density at radius 1 is 1.11 bits per heavy atom. The maximum absolute atomic E-state index is 13.8. The van der Waals surface area contributed by atoms with Crippen LogP contribution in [0.2, 0.25) is 5.02 Å². The highest BCUT2D eigenvalue weighted by Gasteiger charge is 2.32. The standard InChI is InChI=1S/C29H24ClN3O3S/c1-3-36-23-15-14-21(30)16-20(23)17-24-28(35)33-26(19-10-6-4-7-11-19)25(18(2)31-29(33)37-24)27(34)32-22-12-8-5-9-13-22/h4-17,26H,3H2,1-2H3,(H,32,34)/b24-17-. The summed E-state index contributed by atoms with van der Waals surface area (Å²) in [6.45, 7) is 4.19. The molecule has 0 aliphatic carbocycles. The number of rotatable bonds is 6. The molecule has 1 N–H and O–H groups in total. The van der Waals surface area contributed by atoms with Gasteiger partial charge in [-0.05, 0) is 55.8 Å². The summed E-state index contributed by atoms with van der Waals surface area (Å²) in [7, 11) is 0. The molecule has 186 valence electrons. The van der Waals surface area contributed by atoms with Gasteiger partial charge in [-0.25, -0.2) is 4.99 Å². The van der Waals surface area contributed by atoms with E-state index in [1.54, 1.807) is 35.8 Å². The number of para-hydroxylation sites is 1. The van der Waals surface area contributed by atoms with E-state index < -0.39 is 6.04 Å². The van der Waals surface area contributed by atoms with E-state index in [1.807, 2.05) is 67.6 Å². The molecule has 0 saturated carbocycles. The van der Waals surface area contributed by atoms with Crippen LogP contribution in [0.5, 0.6) is 5.75 Å². The van der Waals surface area contributed by atoms with Crippen LogP contribution in [-0.2, 0) is 4.79 Å². The third kappa shape index (κ3) is 5.01. The Morgan fingerprint density at radius 2 is 1.81 bits per heavy atom. The fourth-order valence-corrected chi connectivity index (χ4v) is 5.56. The molecule has 0 bridgehead atoms. The minimum Gasteiger partial charge on any atom is -0.493 e. The van der Waals surface area contributed by atoms with Crippen LogP contribution in [0.3, 0.4) is 0 Å². The second kappa shape index (κ2) is 10.6. The fourth-order valence-electron chi connectivity index (χ4n) is 4.34. The second-order valence-electron chi connectivity index (χ2n) is 8.43. The monoisotopic (exact) mass is 529 g/mol. The molecule has 5 rings (SSSR count). The maximum atomic E-state index is 13.8. The van der Waals surface area contributed by atoms with E-state index in [0.29, 0.717) is 49.2 Å². The van der Waals surface area contributed by atoms with Crippen LogP contribution >= 0.6 is 22.9 Å². The smallest absolute Gasteiger partial charge is 0.271 e. The van der Waals surface area contributed by atoms with Crippen LogP contribution in [0.4, 0.5) is 5.69 Å². The normalized spacial score (nSPS) is 15.2. The summed E-state index contributed by atoms with van der Waals surface area (Å²) in [5, 5.41) is 3.50. The van der Waals surface area contributed by atoms with Gasteiger partial charge in [0.1, 0.15) is 5.75 Å². The third-order valence-electron chi connectivity index (χ3n) is 5.97. The summed E-state index contributed by atoms with van der Waals surface area (Å²) in [6.07, 6.45) is 1.77. The Hall–Kier alpha value is -3.94. The first-order valence-electron chi connectivity index (χ1n) is 11.8. The summed E-state index contributed by atoms with van der Waals surface area (Å²) in [6, 6.07) is 23.4. The van der Waals surface area contributed by atoms with Gasteiger partial charge in [0.05, 0.1) is 28.5 Å². The lowest BCUT2D eigenvalue weighted by Gasteiger charge is -2.25. The number of anilines is 1. The molecular formula is C29H24ClN3O3S. The minimum atomic E-state index is -0.631. The number of thiazole rings is 1. The Bertz CT molecular complexity index is 1680. The molecule has 1 unspecified atom stereocenters. The van der Waals surface area contributed by atoms with E-state index >= 15 is 0 Å². The molecule has 6 nitrogen and oxygen atoms in total. The largest absolute Gasteiger partial charge is 0.493 e. The Balaban J connectivity index is 1.67. The average molecular weight is 530 g/mol. The maximum Gasteiger partial charge on any atom is 0.271 e. The van der Waals surface area contributed by atoms with Gasteiger partial charge in [0, 0.05) is 16.3 Å². The molecule has 1 amide bonds. The molecule has 1 aliphatic heterocycles. The summed E-state index contributed by atoms with van der Waals surface area (Å²) in [5.74, 6) is 0.334. The summed E-state index contributed by atoms with van der Waals surface area (Å²) < 4.78 is 7.81. The van der Waals surface area contributed by atoms with Crippen molar-refractivity contribution < 1.29 is 9.53 Å². The van der Waals surface area contributed by atoms with Crippen molar-refractivity contribution in [3.8, 4) is 5.75 Å². The number of halogens is 1. The van der Waals surface area contributed by atoms with Crippen LogP contribution in [-0.4, -0.2) is 17.1 Å². The highest BCUT2D eigenvalue weighted by Crippen LogP contribution is 2.31. The molecule has 0 fully saturated rings. The molecule has 8 heteroatoms. The predicted molar refractivity (Wildman–Crippen MR) is 148 cm³/mol. The van der Waals surface area contributed by atoms with Crippen LogP contribution < -0.4 is 24.9 Å². The van der Waals surface area contributed by atoms with Gasteiger partial charge < -0.3 is 10.1 Å². The van der Waals surface area contributed by atoms with E-state index in [1.165, 1.54) is 11.3 Å². The number of aromatic nitrogens is 1. The van der Waals surface area contributed by atoms with Crippen LogP contribution in [0.15, 0.2) is 99.9 Å². The molecule has 2 heterocycles. The molecule has 0 saturated heterocycles. The number of fused-ring (bicyclic) bond motifs is 1. The quantitative estimate of drug-likeness (QED) is 0.385. The van der Waals surface area contributed by atoms with Crippen molar-refractivity contribution in [2.75, 3.05) is 11.9 Å².